The van der Waals surface area contributed by atoms with Crippen LogP contribution in [-0.2, 0) is 0 Å². The van der Waals surface area contributed by atoms with Crippen molar-refractivity contribution in [2.24, 2.45) is 10.8 Å². The van der Waals surface area contributed by atoms with Crippen LogP contribution in [0.2, 0.25) is 0 Å². The first kappa shape index (κ1) is 12.4. The Morgan fingerprint density at radius 3 is 1.71 bits per heavy atom. The van der Waals surface area contributed by atoms with E-state index in [2.05, 4.69) is 71.9 Å². The van der Waals surface area contributed by atoms with Gasteiger partial charge in [0.15, 0.2) is 0 Å². The molecule has 0 heterocycles. The molecule has 1 aromatic rings. The van der Waals surface area contributed by atoms with Crippen LogP contribution in [-0.4, -0.2) is 0 Å². The van der Waals surface area contributed by atoms with E-state index >= 15 is 0 Å². The van der Waals surface area contributed by atoms with Crippen LogP contribution in [0.4, 0.5) is 0 Å². The molecule has 0 spiro atoms. The Labute approximate surface area is 106 Å². The van der Waals surface area contributed by atoms with Gasteiger partial charge in [0.05, 0.1) is 0 Å². The van der Waals surface area contributed by atoms with Crippen LogP contribution >= 0.6 is 0 Å². The zero-order valence-electron chi connectivity index (χ0n) is 11.9. The summed E-state index contributed by atoms with van der Waals surface area (Å²) >= 11 is 0. The van der Waals surface area contributed by atoms with Gasteiger partial charge in [0.1, 0.15) is 0 Å². The lowest BCUT2D eigenvalue weighted by Gasteiger charge is -2.25. The molecule has 17 heavy (non-hydrogen) atoms. The minimum Gasteiger partial charge on any atom is -0.0678 e. The van der Waals surface area contributed by atoms with Gasteiger partial charge in [-0.05, 0) is 27.5 Å². The highest BCUT2D eigenvalue weighted by molar-refractivity contribution is 5.82. The topological polar surface area (TPSA) is 0 Å². The fourth-order valence-corrected chi connectivity index (χ4v) is 2.49. The fourth-order valence-electron chi connectivity index (χ4n) is 2.49. The summed E-state index contributed by atoms with van der Waals surface area (Å²) < 4.78 is 0. The maximum atomic E-state index is 2.41. The molecule has 0 amide bonds. The molecule has 1 aliphatic rings. The van der Waals surface area contributed by atoms with E-state index in [0.29, 0.717) is 0 Å². The minimum absolute atomic E-state index is 0.211. The molecule has 0 unspecified atom stereocenters. The van der Waals surface area contributed by atoms with E-state index in [1.165, 1.54) is 22.6 Å². The van der Waals surface area contributed by atoms with Crippen LogP contribution in [0.15, 0.2) is 30.3 Å². The van der Waals surface area contributed by atoms with Gasteiger partial charge < -0.3 is 0 Å². The van der Waals surface area contributed by atoms with Crippen molar-refractivity contribution in [2.45, 2.75) is 41.5 Å². The molecule has 1 aliphatic carbocycles. The van der Waals surface area contributed by atoms with Crippen molar-refractivity contribution in [2.75, 3.05) is 0 Å². The van der Waals surface area contributed by atoms with Gasteiger partial charge in [-0.1, -0.05) is 71.9 Å². The highest BCUT2D eigenvalue weighted by Crippen LogP contribution is 2.49. The molecule has 1 aromatic carbocycles. The van der Waals surface area contributed by atoms with Crippen LogP contribution in [0.1, 0.15) is 52.7 Å². The first-order valence-corrected chi connectivity index (χ1v) is 6.40. The Morgan fingerprint density at radius 2 is 1.24 bits per heavy atom. The maximum Gasteiger partial charge on any atom is 0.0329 e. The number of hydrogen-bond donors (Lipinski definition) is 0. The summed E-state index contributed by atoms with van der Waals surface area (Å²) in [7, 11) is 0. The highest BCUT2D eigenvalue weighted by atomic mass is 14.4. The fraction of sp³-hybridized carbons (Fsp3) is 0.471. The Bertz CT molecular complexity index is 450. The number of allylic oxidation sites excluding steroid dienone is 2. The van der Waals surface area contributed by atoms with Gasteiger partial charge >= 0.3 is 0 Å². The van der Waals surface area contributed by atoms with E-state index in [4.69, 9.17) is 0 Å². The second-order valence-corrected chi connectivity index (χ2v) is 7.02. The van der Waals surface area contributed by atoms with Crippen LogP contribution < -0.4 is 0 Å². The third-order valence-corrected chi connectivity index (χ3v) is 3.41. The zero-order chi connectivity index (χ0) is 12.8. The summed E-state index contributed by atoms with van der Waals surface area (Å²) in [5, 5.41) is 0. The smallest absolute Gasteiger partial charge is 0.0329 e. The van der Waals surface area contributed by atoms with Crippen LogP contribution in [0, 0.1) is 16.7 Å². The summed E-state index contributed by atoms with van der Waals surface area (Å²) in [5.74, 6) is 1.47. The molecule has 0 fully saturated rings. The third-order valence-electron chi connectivity index (χ3n) is 3.41. The number of rotatable bonds is 0. The molecule has 0 saturated heterocycles. The largest absolute Gasteiger partial charge is 0.0678 e. The molecule has 0 nitrogen and oxygen atoms in total. The molecular formula is C17H23. The van der Waals surface area contributed by atoms with Gasteiger partial charge in [-0.15, -0.1) is 0 Å². The van der Waals surface area contributed by atoms with Crippen molar-refractivity contribution in [3.63, 3.8) is 0 Å². The Hall–Kier alpha value is -1.04. The lowest BCUT2D eigenvalue weighted by molar-refractivity contribution is 0.470. The highest BCUT2D eigenvalue weighted by Gasteiger charge is 2.35. The third kappa shape index (κ3) is 2.18. The quantitative estimate of drug-likeness (QED) is 0.578. The normalized spacial score (nSPS) is 16.9. The summed E-state index contributed by atoms with van der Waals surface area (Å²) in [6.45, 7) is 13.8. The van der Waals surface area contributed by atoms with Gasteiger partial charge in [0, 0.05) is 5.92 Å². The molecular weight excluding hydrogens is 204 g/mol. The zero-order valence-corrected chi connectivity index (χ0v) is 11.9. The molecule has 0 aliphatic heterocycles. The van der Waals surface area contributed by atoms with Gasteiger partial charge in [0.25, 0.3) is 0 Å². The lowest BCUT2D eigenvalue weighted by Crippen LogP contribution is -2.15. The summed E-state index contributed by atoms with van der Waals surface area (Å²) in [6.07, 6.45) is 2.41. The van der Waals surface area contributed by atoms with Gasteiger partial charge in [-0.2, -0.15) is 0 Å². The first-order valence-electron chi connectivity index (χ1n) is 6.40. The molecule has 0 saturated carbocycles. The monoisotopic (exact) mass is 227 g/mol. The molecule has 91 valence electrons. The molecule has 0 N–H and O–H groups in total. The maximum absolute atomic E-state index is 2.41. The Kier molecular flexibility index (Phi) is 2.72. The van der Waals surface area contributed by atoms with Crippen molar-refractivity contribution in [3.05, 3.63) is 47.4 Å². The summed E-state index contributed by atoms with van der Waals surface area (Å²) in [5.41, 5.74) is 4.74. The van der Waals surface area contributed by atoms with Gasteiger partial charge in [-0.3, -0.25) is 0 Å². The SMILES string of the molecule is CC(C)(C)[C]1C=C(C(C)(C)C)c2ccccc21. The molecule has 0 bridgehead atoms. The molecule has 0 atom stereocenters. The van der Waals surface area contributed by atoms with Crippen molar-refractivity contribution in [1.29, 1.82) is 0 Å². The van der Waals surface area contributed by atoms with E-state index in [1.54, 1.807) is 0 Å². The Morgan fingerprint density at radius 1 is 0.706 bits per heavy atom. The molecule has 2 rings (SSSR count). The van der Waals surface area contributed by atoms with Gasteiger partial charge in [-0.25, -0.2) is 0 Å². The first-order chi connectivity index (χ1) is 7.71. The molecule has 0 aromatic heterocycles. The second-order valence-electron chi connectivity index (χ2n) is 7.02. The van der Waals surface area contributed by atoms with Gasteiger partial charge in [0.2, 0.25) is 0 Å². The van der Waals surface area contributed by atoms with E-state index < -0.39 is 0 Å². The minimum atomic E-state index is 0.211. The number of benzene rings is 1. The lowest BCUT2D eigenvalue weighted by atomic mass is 9.78. The standard InChI is InChI=1S/C17H23/c1-16(2,3)14-11-15(17(4,5)6)13-10-8-7-9-12(13)14/h7-11H,1-6H3. The molecule has 1 radical (unpaired) electrons. The summed E-state index contributed by atoms with van der Waals surface area (Å²) in [6, 6.07) is 8.80. The van der Waals surface area contributed by atoms with E-state index in [9.17, 15) is 0 Å². The predicted octanol–water partition coefficient (Wildman–Crippen LogP) is 5.10. The van der Waals surface area contributed by atoms with Crippen LogP contribution in [0.5, 0.6) is 0 Å². The van der Waals surface area contributed by atoms with E-state index in [0.717, 1.165) is 0 Å². The second kappa shape index (κ2) is 3.73. The average molecular weight is 227 g/mol. The Balaban J connectivity index is 2.58. The van der Waals surface area contributed by atoms with Crippen molar-refractivity contribution in [1.82, 2.24) is 0 Å². The van der Waals surface area contributed by atoms with Crippen LogP contribution in [0.25, 0.3) is 5.57 Å². The van der Waals surface area contributed by atoms with E-state index in [1.807, 2.05) is 0 Å². The van der Waals surface area contributed by atoms with Crippen molar-refractivity contribution >= 4 is 5.57 Å². The van der Waals surface area contributed by atoms with Crippen molar-refractivity contribution in [3.8, 4) is 0 Å². The number of fused-ring (bicyclic) bond motifs is 1. The van der Waals surface area contributed by atoms with Crippen LogP contribution in [0.3, 0.4) is 0 Å². The molecule has 0 heteroatoms. The average Bonchev–Trinajstić information content (AvgIpc) is 2.55. The summed E-state index contributed by atoms with van der Waals surface area (Å²) in [4.78, 5) is 0. The predicted molar refractivity (Wildman–Crippen MR) is 75.7 cm³/mol. The van der Waals surface area contributed by atoms with E-state index in [-0.39, 0.29) is 10.8 Å². The number of hydrogen-bond acceptors (Lipinski definition) is 0. The van der Waals surface area contributed by atoms with Crippen molar-refractivity contribution < 1.29 is 0 Å².